The molecule has 1 fully saturated rings. The zero-order valence-corrected chi connectivity index (χ0v) is 21.9. The fraction of sp³-hybridized carbons (Fsp3) is 0.462. The van der Waals surface area contributed by atoms with Crippen LogP contribution >= 0.6 is 0 Å². The van der Waals surface area contributed by atoms with Crippen LogP contribution in [0.25, 0.3) is 11.1 Å². The number of sulfone groups is 1. The third-order valence-corrected chi connectivity index (χ3v) is 8.22. The van der Waals surface area contributed by atoms with Gasteiger partial charge in [0.2, 0.25) is 15.7 Å². The summed E-state index contributed by atoms with van der Waals surface area (Å²) < 4.78 is 73.9. The Balaban J connectivity index is 1.90. The molecule has 0 bridgehead atoms. The van der Waals surface area contributed by atoms with Crippen LogP contribution in [0.1, 0.15) is 31.9 Å². The number of amides is 1. The lowest BCUT2D eigenvalue weighted by molar-refractivity contribution is -0.192. The third-order valence-electron chi connectivity index (χ3n) is 6.30. The maximum absolute atomic E-state index is 14.3. The van der Waals surface area contributed by atoms with E-state index in [-0.39, 0.29) is 35.9 Å². The molecule has 8 nitrogen and oxygen atoms in total. The normalized spacial score (nSPS) is 18.2. The SMILES string of the molecule is CC(C)C[C@H](C(N)=O)N(CC#N)C(c1ccc(-c2ccc(S(=O)(=O)C3CNCCO3)cc2)cc1)C(F)(F)F. The Morgan fingerprint density at radius 3 is 2.18 bits per heavy atom. The van der Waals surface area contributed by atoms with Crippen LogP contribution < -0.4 is 11.1 Å². The van der Waals surface area contributed by atoms with Crippen LogP contribution in [0.5, 0.6) is 0 Å². The van der Waals surface area contributed by atoms with Crippen LogP contribution in [-0.4, -0.2) is 63.1 Å². The van der Waals surface area contributed by atoms with E-state index in [2.05, 4.69) is 5.32 Å². The summed E-state index contributed by atoms with van der Waals surface area (Å²) in [6, 6.07) is 9.81. The molecule has 206 valence electrons. The van der Waals surface area contributed by atoms with Gasteiger partial charge in [0, 0.05) is 13.1 Å². The molecule has 3 atom stereocenters. The molecule has 3 N–H and O–H groups in total. The van der Waals surface area contributed by atoms with E-state index in [0.717, 1.165) is 4.90 Å². The Morgan fingerprint density at radius 1 is 1.16 bits per heavy atom. The first-order valence-corrected chi connectivity index (χ1v) is 13.7. The van der Waals surface area contributed by atoms with Gasteiger partial charge in [0.25, 0.3) is 0 Å². The smallest absolute Gasteiger partial charge is 0.368 e. The summed E-state index contributed by atoms with van der Waals surface area (Å²) in [5.41, 5.74) is 5.49. The number of nitrogens with one attached hydrogen (secondary N) is 1. The summed E-state index contributed by atoms with van der Waals surface area (Å²) >= 11 is 0. The number of hydrogen-bond donors (Lipinski definition) is 2. The Hall–Kier alpha value is -2.98. The first-order chi connectivity index (χ1) is 17.9. The van der Waals surface area contributed by atoms with Crippen molar-refractivity contribution in [2.75, 3.05) is 26.2 Å². The van der Waals surface area contributed by atoms with Crippen molar-refractivity contribution in [1.29, 1.82) is 5.26 Å². The fourth-order valence-corrected chi connectivity index (χ4v) is 5.91. The summed E-state index contributed by atoms with van der Waals surface area (Å²) in [6.07, 6.45) is -4.71. The second-order valence-electron chi connectivity index (χ2n) is 9.52. The van der Waals surface area contributed by atoms with E-state index in [9.17, 15) is 31.6 Å². The molecule has 1 amide bonds. The van der Waals surface area contributed by atoms with Crippen LogP contribution in [-0.2, 0) is 19.4 Å². The van der Waals surface area contributed by atoms with E-state index in [4.69, 9.17) is 10.5 Å². The molecule has 1 saturated heterocycles. The van der Waals surface area contributed by atoms with Gasteiger partial charge in [-0.1, -0.05) is 50.2 Å². The predicted octanol–water partition coefficient (Wildman–Crippen LogP) is 3.40. The summed E-state index contributed by atoms with van der Waals surface area (Å²) in [7, 11) is -3.71. The molecule has 0 saturated carbocycles. The zero-order valence-electron chi connectivity index (χ0n) is 21.1. The number of halogens is 3. The van der Waals surface area contributed by atoms with Gasteiger partial charge in [0.15, 0.2) is 5.44 Å². The second kappa shape index (κ2) is 12.3. The van der Waals surface area contributed by atoms with E-state index in [0.29, 0.717) is 17.7 Å². The number of morpholine rings is 1. The molecule has 0 aliphatic carbocycles. The average Bonchev–Trinajstić information content (AvgIpc) is 2.87. The number of hydrogen-bond acceptors (Lipinski definition) is 7. The van der Waals surface area contributed by atoms with E-state index in [1.165, 1.54) is 36.4 Å². The Labute approximate surface area is 220 Å². The first-order valence-electron chi connectivity index (χ1n) is 12.1. The predicted molar refractivity (Wildman–Crippen MR) is 135 cm³/mol. The Bertz CT molecular complexity index is 1240. The van der Waals surface area contributed by atoms with E-state index >= 15 is 0 Å². The molecule has 2 aromatic carbocycles. The van der Waals surface area contributed by atoms with Crippen LogP contribution in [0.15, 0.2) is 53.4 Å². The van der Waals surface area contributed by atoms with Crippen LogP contribution in [0.4, 0.5) is 13.2 Å². The van der Waals surface area contributed by atoms with Gasteiger partial charge in [-0.25, -0.2) is 8.42 Å². The molecule has 2 aromatic rings. The summed E-state index contributed by atoms with van der Waals surface area (Å²) in [5, 5.41) is 12.2. The molecule has 1 heterocycles. The van der Waals surface area contributed by atoms with Gasteiger partial charge in [-0.15, -0.1) is 0 Å². The van der Waals surface area contributed by atoms with Crippen molar-refractivity contribution >= 4 is 15.7 Å². The molecule has 0 spiro atoms. The number of carbonyl (C=O) groups excluding carboxylic acids is 1. The zero-order chi connectivity index (χ0) is 28.1. The summed E-state index contributed by atoms with van der Waals surface area (Å²) in [6.45, 7) is 3.92. The molecule has 2 unspecified atom stereocenters. The number of ether oxygens (including phenoxy) is 1. The molecule has 3 rings (SSSR count). The number of alkyl halides is 3. The van der Waals surface area contributed by atoms with Gasteiger partial charge < -0.3 is 15.8 Å². The van der Waals surface area contributed by atoms with Gasteiger partial charge in [-0.2, -0.15) is 18.4 Å². The van der Waals surface area contributed by atoms with E-state index in [1.807, 2.05) is 0 Å². The van der Waals surface area contributed by atoms with Crippen molar-refractivity contribution in [3.8, 4) is 17.2 Å². The minimum absolute atomic E-state index is 0.0683. The largest absolute Gasteiger partial charge is 0.408 e. The number of carbonyl (C=O) groups is 1. The molecular formula is C26H31F3N4O4S. The quantitative estimate of drug-likeness (QED) is 0.433. The van der Waals surface area contributed by atoms with Crippen molar-refractivity contribution in [3.63, 3.8) is 0 Å². The van der Waals surface area contributed by atoms with Gasteiger partial charge in [0.05, 0.1) is 30.2 Å². The van der Waals surface area contributed by atoms with Crippen LogP contribution in [0.2, 0.25) is 0 Å². The maximum Gasteiger partial charge on any atom is 0.408 e. The number of nitrogens with zero attached hydrogens (tertiary/aromatic N) is 2. The molecule has 0 aromatic heterocycles. The first kappa shape index (κ1) is 29.6. The lowest BCUT2D eigenvalue weighted by Crippen LogP contribution is -2.51. The number of primary amides is 1. The van der Waals surface area contributed by atoms with E-state index < -0.39 is 46.0 Å². The molecule has 1 aliphatic rings. The standard InChI is InChI=1S/C26H31F3N4O4S/c1-17(2)15-22(25(31)34)33(13-11-30)24(26(27,28)29)20-5-3-18(4-6-20)19-7-9-21(10-8-19)38(35,36)23-16-32-12-14-37-23/h3-10,17,22-24,32H,12-16H2,1-2H3,(H2,31,34)/t22-,23?,24?/m1/s1. The maximum atomic E-state index is 14.3. The van der Waals surface area contributed by atoms with E-state index in [1.54, 1.807) is 32.0 Å². The molecule has 0 radical (unpaired) electrons. The number of benzene rings is 2. The highest BCUT2D eigenvalue weighted by Gasteiger charge is 2.48. The molecule has 1 aliphatic heterocycles. The highest BCUT2D eigenvalue weighted by Crippen LogP contribution is 2.40. The Kier molecular flexibility index (Phi) is 9.54. The third kappa shape index (κ3) is 6.91. The monoisotopic (exact) mass is 552 g/mol. The Morgan fingerprint density at radius 2 is 1.74 bits per heavy atom. The highest BCUT2D eigenvalue weighted by atomic mass is 32.2. The highest BCUT2D eigenvalue weighted by molar-refractivity contribution is 7.92. The van der Waals surface area contributed by atoms with Crippen molar-refractivity contribution < 1.29 is 31.1 Å². The summed E-state index contributed by atoms with van der Waals surface area (Å²) in [5.74, 6) is -1.05. The van der Waals surface area contributed by atoms with Crippen molar-refractivity contribution in [1.82, 2.24) is 10.2 Å². The summed E-state index contributed by atoms with van der Waals surface area (Å²) in [4.78, 5) is 13.0. The lowest BCUT2D eigenvalue weighted by atomic mass is 9.95. The van der Waals surface area contributed by atoms with Crippen molar-refractivity contribution in [2.24, 2.45) is 11.7 Å². The lowest BCUT2D eigenvalue weighted by Gasteiger charge is -2.37. The topological polar surface area (TPSA) is 126 Å². The van der Waals surface area contributed by atoms with Crippen molar-refractivity contribution in [2.45, 2.75) is 48.9 Å². The second-order valence-corrected chi connectivity index (χ2v) is 11.6. The van der Waals surface area contributed by atoms with Gasteiger partial charge in [0.1, 0.15) is 6.04 Å². The van der Waals surface area contributed by atoms with Gasteiger partial charge in [-0.05, 0) is 41.2 Å². The van der Waals surface area contributed by atoms with Crippen molar-refractivity contribution in [3.05, 3.63) is 54.1 Å². The van der Waals surface area contributed by atoms with Crippen LogP contribution in [0, 0.1) is 17.2 Å². The minimum Gasteiger partial charge on any atom is -0.368 e. The number of nitriles is 1. The van der Waals surface area contributed by atoms with Crippen LogP contribution in [0.3, 0.4) is 0 Å². The van der Waals surface area contributed by atoms with Gasteiger partial charge in [-0.3, -0.25) is 9.69 Å². The van der Waals surface area contributed by atoms with Gasteiger partial charge >= 0.3 is 6.18 Å². The minimum atomic E-state index is -4.78. The molecule has 12 heteroatoms. The number of rotatable bonds is 10. The molecular weight excluding hydrogens is 521 g/mol. The number of nitrogens with two attached hydrogens (primary N) is 1. The fourth-order valence-electron chi connectivity index (χ4n) is 4.48. The average molecular weight is 553 g/mol. The molecule has 38 heavy (non-hydrogen) atoms.